The summed E-state index contributed by atoms with van der Waals surface area (Å²) in [6.07, 6.45) is 1.69. The zero-order valence-corrected chi connectivity index (χ0v) is 13.3. The van der Waals surface area contributed by atoms with E-state index in [2.05, 4.69) is 41.6 Å². The molecule has 0 unspecified atom stereocenters. The van der Waals surface area contributed by atoms with Crippen molar-refractivity contribution in [1.29, 1.82) is 0 Å². The van der Waals surface area contributed by atoms with E-state index in [0.29, 0.717) is 17.9 Å². The molecule has 0 radical (unpaired) electrons. The second-order valence-corrected chi connectivity index (χ2v) is 5.68. The summed E-state index contributed by atoms with van der Waals surface area (Å²) in [6, 6.07) is 17.6. The van der Waals surface area contributed by atoms with Crippen LogP contribution in [-0.4, -0.2) is 15.7 Å². The summed E-state index contributed by atoms with van der Waals surface area (Å²) in [5.74, 6) is 0.566. The molecular formula is C19H19N3O. The molecule has 1 heterocycles. The number of hydrogen-bond acceptors (Lipinski definition) is 2. The average molecular weight is 305 g/mol. The number of benzene rings is 2. The van der Waals surface area contributed by atoms with E-state index in [1.54, 1.807) is 10.9 Å². The summed E-state index contributed by atoms with van der Waals surface area (Å²) in [7, 11) is 0. The number of amides is 1. The van der Waals surface area contributed by atoms with Gasteiger partial charge in [0.1, 0.15) is 5.82 Å². The molecule has 0 spiro atoms. The zero-order chi connectivity index (χ0) is 16.2. The third kappa shape index (κ3) is 3.66. The van der Waals surface area contributed by atoms with Gasteiger partial charge in [-0.3, -0.25) is 4.79 Å². The lowest BCUT2D eigenvalue weighted by Gasteiger charge is -2.10. The Labute approximate surface area is 135 Å². The number of nitrogens with zero attached hydrogens (tertiary/aromatic N) is 2. The van der Waals surface area contributed by atoms with E-state index in [1.165, 1.54) is 5.56 Å². The Hall–Kier alpha value is -2.88. The van der Waals surface area contributed by atoms with Crippen LogP contribution in [0.5, 0.6) is 0 Å². The third-order valence-corrected chi connectivity index (χ3v) is 3.69. The number of nitrogens with one attached hydrogen (secondary N) is 1. The summed E-state index contributed by atoms with van der Waals surface area (Å²) in [5, 5.41) is 7.23. The minimum atomic E-state index is -0.126. The molecule has 0 aliphatic heterocycles. The van der Waals surface area contributed by atoms with Gasteiger partial charge in [-0.1, -0.05) is 47.5 Å². The number of anilines is 1. The van der Waals surface area contributed by atoms with Crippen LogP contribution in [0.4, 0.5) is 5.82 Å². The topological polar surface area (TPSA) is 46.9 Å². The fourth-order valence-corrected chi connectivity index (χ4v) is 2.41. The fourth-order valence-electron chi connectivity index (χ4n) is 2.41. The predicted molar refractivity (Wildman–Crippen MR) is 91.6 cm³/mol. The van der Waals surface area contributed by atoms with Gasteiger partial charge in [-0.25, -0.2) is 4.68 Å². The van der Waals surface area contributed by atoms with Gasteiger partial charge in [-0.2, -0.15) is 5.10 Å². The molecule has 23 heavy (non-hydrogen) atoms. The van der Waals surface area contributed by atoms with Gasteiger partial charge in [0.25, 0.3) is 5.91 Å². The van der Waals surface area contributed by atoms with Crippen molar-refractivity contribution in [1.82, 2.24) is 9.78 Å². The van der Waals surface area contributed by atoms with Gasteiger partial charge in [0.05, 0.1) is 12.7 Å². The molecule has 4 heteroatoms. The van der Waals surface area contributed by atoms with Gasteiger partial charge in [-0.15, -0.1) is 0 Å². The van der Waals surface area contributed by atoms with Crippen molar-refractivity contribution >= 4 is 11.7 Å². The van der Waals surface area contributed by atoms with Crippen LogP contribution in [0.1, 0.15) is 27.0 Å². The molecule has 0 saturated carbocycles. The Bertz CT molecular complexity index is 819. The standard InChI is InChI=1S/C19H19N3O/c1-14-6-8-16(9-7-14)13-22-18(10-11-20-22)21-19(23)17-5-3-4-15(2)12-17/h3-12H,13H2,1-2H3,(H,21,23). The van der Waals surface area contributed by atoms with E-state index in [0.717, 1.165) is 11.1 Å². The molecule has 0 saturated heterocycles. The number of carbonyl (C=O) groups is 1. The van der Waals surface area contributed by atoms with E-state index in [4.69, 9.17) is 0 Å². The lowest BCUT2D eigenvalue weighted by molar-refractivity contribution is 0.102. The molecule has 0 bridgehead atoms. The van der Waals surface area contributed by atoms with Gasteiger partial charge < -0.3 is 5.32 Å². The zero-order valence-electron chi connectivity index (χ0n) is 13.3. The predicted octanol–water partition coefficient (Wildman–Crippen LogP) is 3.80. The van der Waals surface area contributed by atoms with Crippen molar-refractivity contribution in [2.75, 3.05) is 5.32 Å². The van der Waals surface area contributed by atoms with Gasteiger partial charge >= 0.3 is 0 Å². The number of hydrogen-bond donors (Lipinski definition) is 1. The van der Waals surface area contributed by atoms with Gasteiger partial charge in [0.2, 0.25) is 0 Å². The van der Waals surface area contributed by atoms with Crippen LogP contribution < -0.4 is 5.32 Å². The van der Waals surface area contributed by atoms with Crippen LogP contribution in [-0.2, 0) is 6.54 Å². The molecule has 3 rings (SSSR count). The molecule has 1 aromatic heterocycles. The Kier molecular flexibility index (Phi) is 4.24. The van der Waals surface area contributed by atoms with E-state index in [9.17, 15) is 4.79 Å². The quantitative estimate of drug-likeness (QED) is 0.797. The molecule has 0 atom stereocenters. The maximum atomic E-state index is 12.4. The molecule has 1 N–H and O–H groups in total. The highest BCUT2D eigenvalue weighted by Gasteiger charge is 2.10. The molecule has 0 aliphatic carbocycles. The summed E-state index contributed by atoms with van der Waals surface area (Å²) in [4.78, 5) is 12.4. The van der Waals surface area contributed by atoms with Crippen LogP contribution in [0.3, 0.4) is 0 Å². The van der Waals surface area contributed by atoms with Gasteiger partial charge in [0.15, 0.2) is 0 Å². The Morgan fingerprint density at radius 1 is 1.04 bits per heavy atom. The van der Waals surface area contributed by atoms with Crippen LogP contribution in [0, 0.1) is 13.8 Å². The fraction of sp³-hybridized carbons (Fsp3) is 0.158. The Balaban J connectivity index is 1.75. The highest BCUT2D eigenvalue weighted by atomic mass is 16.1. The van der Waals surface area contributed by atoms with E-state index in [-0.39, 0.29) is 5.91 Å². The van der Waals surface area contributed by atoms with Crippen LogP contribution in [0.25, 0.3) is 0 Å². The van der Waals surface area contributed by atoms with Crippen LogP contribution >= 0.6 is 0 Å². The monoisotopic (exact) mass is 305 g/mol. The van der Waals surface area contributed by atoms with Crippen LogP contribution in [0.15, 0.2) is 60.8 Å². The van der Waals surface area contributed by atoms with E-state index < -0.39 is 0 Å². The van der Waals surface area contributed by atoms with E-state index >= 15 is 0 Å². The number of rotatable bonds is 4. The summed E-state index contributed by atoms with van der Waals surface area (Å²) in [5.41, 5.74) is 4.08. The first-order chi connectivity index (χ1) is 11.1. The Morgan fingerprint density at radius 2 is 1.83 bits per heavy atom. The largest absolute Gasteiger partial charge is 0.307 e. The first-order valence-corrected chi connectivity index (χ1v) is 7.57. The van der Waals surface area contributed by atoms with Crippen molar-refractivity contribution in [3.63, 3.8) is 0 Å². The molecule has 0 aliphatic rings. The molecule has 3 aromatic rings. The second kappa shape index (κ2) is 6.48. The maximum Gasteiger partial charge on any atom is 0.256 e. The van der Waals surface area contributed by atoms with Crippen molar-refractivity contribution in [3.05, 3.63) is 83.0 Å². The number of aromatic nitrogens is 2. The number of aryl methyl sites for hydroxylation is 2. The van der Waals surface area contributed by atoms with Crippen molar-refractivity contribution in [2.24, 2.45) is 0 Å². The minimum Gasteiger partial charge on any atom is -0.307 e. The lowest BCUT2D eigenvalue weighted by atomic mass is 10.1. The molecule has 116 valence electrons. The Morgan fingerprint density at radius 3 is 2.57 bits per heavy atom. The first kappa shape index (κ1) is 15.0. The second-order valence-electron chi connectivity index (χ2n) is 5.68. The first-order valence-electron chi connectivity index (χ1n) is 7.57. The third-order valence-electron chi connectivity index (χ3n) is 3.69. The molecular weight excluding hydrogens is 286 g/mol. The summed E-state index contributed by atoms with van der Waals surface area (Å²) in [6.45, 7) is 4.65. The minimum absolute atomic E-state index is 0.126. The van der Waals surface area contributed by atoms with Crippen molar-refractivity contribution in [2.45, 2.75) is 20.4 Å². The molecule has 4 nitrogen and oxygen atoms in total. The summed E-state index contributed by atoms with van der Waals surface area (Å²) >= 11 is 0. The molecule has 0 fully saturated rings. The van der Waals surface area contributed by atoms with Crippen molar-refractivity contribution < 1.29 is 4.79 Å². The SMILES string of the molecule is Cc1ccc(Cn2nccc2NC(=O)c2cccc(C)c2)cc1. The van der Waals surface area contributed by atoms with E-state index in [1.807, 2.05) is 37.3 Å². The lowest BCUT2D eigenvalue weighted by Crippen LogP contribution is -2.16. The maximum absolute atomic E-state index is 12.4. The highest BCUT2D eigenvalue weighted by molar-refractivity contribution is 6.03. The molecule has 1 amide bonds. The number of carbonyl (C=O) groups excluding carboxylic acids is 1. The smallest absolute Gasteiger partial charge is 0.256 e. The normalized spacial score (nSPS) is 10.5. The van der Waals surface area contributed by atoms with Gasteiger partial charge in [0, 0.05) is 11.6 Å². The van der Waals surface area contributed by atoms with Crippen LogP contribution in [0.2, 0.25) is 0 Å². The summed E-state index contributed by atoms with van der Waals surface area (Å²) < 4.78 is 1.79. The van der Waals surface area contributed by atoms with Crippen molar-refractivity contribution in [3.8, 4) is 0 Å². The van der Waals surface area contributed by atoms with Gasteiger partial charge in [-0.05, 0) is 31.5 Å². The molecule has 2 aromatic carbocycles. The average Bonchev–Trinajstić information content (AvgIpc) is 2.96. The highest BCUT2D eigenvalue weighted by Crippen LogP contribution is 2.13.